The molecule has 0 aliphatic heterocycles. The van der Waals surface area contributed by atoms with Crippen LogP contribution in [0, 0.1) is 20.8 Å². The summed E-state index contributed by atoms with van der Waals surface area (Å²) in [4.78, 5) is 31.1. The fourth-order valence-corrected chi connectivity index (χ4v) is 4.44. The van der Waals surface area contributed by atoms with Gasteiger partial charge >= 0.3 is 6.03 Å². The molecule has 2 aromatic carbocycles. The van der Waals surface area contributed by atoms with Crippen molar-refractivity contribution < 1.29 is 14.3 Å². The molecular formula is C27H33N3O3S. The molecule has 6 nitrogen and oxygen atoms in total. The van der Waals surface area contributed by atoms with Gasteiger partial charge in [-0.05, 0) is 66.6 Å². The third-order valence-corrected chi connectivity index (χ3v) is 6.82. The summed E-state index contributed by atoms with van der Waals surface area (Å²) in [5, 5.41) is 4.97. The van der Waals surface area contributed by atoms with Crippen LogP contribution in [0.3, 0.4) is 0 Å². The molecule has 0 radical (unpaired) electrons. The molecule has 1 N–H and O–H groups in total. The SMILES string of the molecule is COCCN(CC(=O)N(Cc1ccccc1)Cc1sccc1C)C(=O)Nc1ccc(C)c(C)c1. The van der Waals surface area contributed by atoms with Crippen molar-refractivity contribution in [2.75, 3.05) is 32.1 Å². The van der Waals surface area contributed by atoms with E-state index in [2.05, 4.69) is 18.3 Å². The summed E-state index contributed by atoms with van der Waals surface area (Å²) in [5.74, 6) is -0.108. The second-order valence-corrected chi connectivity index (χ2v) is 9.41. The summed E-state index contributed by atoms with van der Waals surface area (Å²) in [6, 6.07) is 17.4. The van der Waals surface area contributed by atoms with Crippen molar-refractivity contribution in [1.82, 2.24) is 9.80 Å². The summed E-state index contributed by atoms with van der Waals surface area (Å²) >= 11 is 1.64. The maximum Gasteiger partial charge on any atom is 0.322 e. The number of nitrogens with one attached hydrogen (secondary N) is 1. The molecule has 34 heavy (non-hydrogen) atoms. The molecule has 1 heterocycles. The van der Waals surface area contributed by atoms with Gasteiger partial charge in [-0.25, -0.2) is 4.79 Å². The Labute approximate surface area is 206 Å². The Balaban J connectivity index is 1.76. The highest BCUT2D eigenvalue weighted by atomic mass is 32.1. The van der Waals surface area contributed by atoms with E-state index in [1.165, 1.54) is 10.5 Å². The Morgan fingerprint density at radius 3 is 2.32 bits per heavy atom. The van der Waals surface area contributed by atoms with E-state index in [4.69, 9.17) is 4.74 Å². The zero-order valence-electron chi connectivity index (χ0n) is 20.3. The highest BCUT2D eigenvalue weighted by Gasteiger charge is 2.23. The highest BCUT2D eigenvalue weighted by molar-refractivity contribution is 7.10. The molecule has 0 fully saturated rings. The van der Waals surface area contributed by atoms with Crippen LogP contribution in [0.15, 0.2) is 60.0 Å². The smallest absolute Gasteiger partial charge is 0.322 e. The van der Waals surface area contributed by atoms with Crippen LogP contribution in [0.4, 0.5) is 10.5 Å². The Bertz CT molecular complexity index is 1100. The molecule has 0 saturated heterocycles. The third kappa shape index (κ3) is 7.17. The number of thiophene rings is 1. The summed E-state index contributed by atoms with van der Waals surface area (Å²) < 4.78 is 5.20. The fourth-order valence-electron chi connectivity index (χ4n) is 3.51. The average Bonchev–Trinajstić information content (AvgIpc) is 3.23. The minimum absolute atomic E-state index is 0.0305. The first-order valence-corrected chi connectivity index (χ1v) is 12.2. The minimum atomic E-state index is -0.319. The van der Waals surface area contributed by atoms with Gasteiger partial charge in [-0.15, -0.1) is 11.3 Å². The third-order valence-electron chi connectivity index (χ3n) is 5.81. The number of hydrogen-bond donors (Lipinski definition) is 1. The maximum absolute atomic E-state index is 13.5. The number of anilines is 1. The van der Waals surface area contributed by atoms with Crippen LogP contribution in [0.2, 0.25) is 0 Å². The second-order valence-electron chi connectivity index (χ2n) is 8.41. The number of aryl methyl sites for hydroxylation is 3. The normalized spacial score (nSPS) is 10.7. The number of hydrogen-bond acceptors (Lipinski definition) is 4. The largest absolute Gasteiger partial charge is 0.383 e. The van der Waals surface area contributed by atoms with Gasteiger partial charge in [0, 0.05) is 30.8 Å². The van der Waals surface area contributed by atoms with E-state index in [1.54, 1.807) is 18.4 Å². The molecular weight excluding hydrogens is 446 g/mol. The number of nitrogens with zero attached hydrogens (tertiary/aromatic N) is 2. The molecule has 180 valence electrons. The van der Waals surface area contributed by atoms with E-state index < -0.39 is 0 Å². The lowest BCUT2D eigenvalue weighted by atomic mass is 10.1. The monoisotopic (exact) mass is 479 g/mol. The van der Waals surface area contributed by atoms with Crippen LogP contribution in [-0.2, 0) is 22.6 Å². The number of rotatable bonds is 10. The quantitative estimate of drug-likeness (QED) is 0.425. The standard InChI is InChI=1S/C27H33N3O3S/c1-20-10-11-24(16-22(20)3)28-27(32)29(13-14-33-4)19-26(31)30(17-23-8-6-5-7-9-23)18-25-21(2)12-15-34-25/h5-12,15-16H,13-14,17-19H2,1-4H3,(H,28,32). The molecule has 0 spiro atoms. The van der Waals surface area contributed by atoms with Crippen LogP contribution in [0.25, 0.3) is 0 Å². The van der Waals surface area contributed by atoms with Gasteiger partial charge in [-0.3, -0.25) is 4.79 Å². The van der Waals surface area contributed by atoms with E-state index in [1.807, 2.05) is 72.7 Å². The minimum Gasteiger partial charge on any atom is -0.383 e. The molecule has 3 aromatic rings. The van der Waals surface area contributed by atoms with E-state index >= 15 is 0 Å². The van der Waals surface area contributed by atoms with Gasteiger partial charge in [0.25, 0.3) is 0 Å². The Morgan fingerprint density at radius 2 is 1.68 bits per heavy atom. The van der Waals surface area contributed by atoms with Gasteiger partial charge in [0.2, 0.25) is 5.91 Å². The number of urea groups is 1. The molecule has 3 rings (SSSR count). The van der Waals surface area contributed by atoms with Gasteiger partial charge in [0.15, 0.2) is 0 Å². The first-order chi connectivity index (χ1) is 16.4. The molecule has 0 aliphatic carbocycles. The maximum atomic E-state index is 13.5. The summed E-state index contributed by atoms with van der Waals surface area (Å²) in [6.07, 6.45) is 0. The van der Waals surface area contributed by atoms with E-state index in [0.717, 1.165) is 21.6 Å². The molecule has 7 heteroatoms. The molecule has 3 amide bonds. The molecule has 1 aromatic heterocycles. The van der Waals surface area contributed by atoms with E-state index in [0.29, 0.717) is 31.9 Å². The van der Waals surface area contributed by atoms with Crippen LogP contribution in [0.5, 0.6) is 0 Å². The van der Waals surface area contributed by atoms with Crippen molar-refractivity contribution in [1.29, 1.82) is 0 Å². The lowest BCUT2D eigenvalue weighted by Crippen LogP contribution is -2.45. The molecule has 0 unspecified atom stereocenters. The summed E-state index contributed by atoms with van der Waals surface area (Å²) in [5.41, 5.74) is 5.17. The van der Waals surface area contributed by atoms with E-state index in [9.17, 15) is 9.59 Å². The second kappa shape index (κ2) is 12.3. The lowest BCUT2D eigenvalue weighted by Gasteiger charge is -2.28. The molecule has 0 saturated carbocycles. The first kappa shape index (κ1) is 25.5. The number of carbonyl (C=O) groups is 2. The van der Waals surface area contributed by atoms with Crippen molar-refractivity contribution in [3.8, 4) is 0 Å². The van der Waals surface area contributed by atoms with Crippen LogP contribution < -0.4 is 5.32 Å². The van der Waals surface area contributed by atoms with Crippen LogP contribution in [0.1, 0.15) is 27.1 Å². The zero-order chi connectivity index (χ0) is 24.5. The van der Waals surface area contributed by atoms with Gasteiger partial charge in [0.05, 0.1) is 13.2 Å². The topological polar surface area (TPSA) is 61.9 Å². The Hall–Kier alpha value is -3.16. The average molecular weight is 480 g/mol. The highest BCUT2D eigenvalue weighted by Crippen LogP contribution is 2.20. The van der Waals surface area contributed by atoms with Gasteiger partial charge in [-0.2, -0.15) is 0 Å². The van der Waals surface area contributed by atoms with Gasteiger partial charge in [-0.1, -0.05) is 36.4 Å². The van der Waals surface area contributed by atoms with Crippen molar-refractivity contribution in [2.45, 2.75) is 33.9 Å². The van der Waals surface area contributed by atoms with Crippen molar-refractivity contribution in [2.24, 2.45) is 0 Å². The number of methoxy groups -OCH3 is 1. The van der Waals surface area contributed by atoms with Crippen molar-refractivity contribution in [3.63, 3.8) is 0 Å². The summed E-state index contributed by atoms with van der Waals surface area (Å²) in [7, 11) is 1.59. The fraction of sp³-hybridized carbons (Fsp3) is 0.333. The van der Waals surface area contributed by atoms with E-state index in [-0.39, 0.29) is 18.5 Å². The molecule has 0 atom stereocenters. The van der Waals surface area contributed by atoms with Crippen LogP contribution >= 0.6 is 11.3 Å². The van der Waals surface area contributed by atoms with Gasteiger partial charge < -0.3 is 19.9 Å². The number of ether oxygens (including phenoxy) is 1. The number of benzene rings is 2. The Kier molecular flexibility index (Phi) is 9.24. The zero-order valence-corrected chi connectivity index (χ0v) is 21.2. The number of amides is 3. The van der Waals surface area contributed by atoms with Gasteiger partial charge in [0.1, 0.15) is 6.54 Å². The predicted octanol–water partition coefficient (Wildman–Crippen LogP) is 5.38. The van der Waals surface area contributed by atoms with Crippen molar-refractivity contribution >= 4 is 29.0 Å². The predicted molar refractivity (Wildman–Crippen MR) is 138 cm³/mol. The van der Waals surface area contributed by atoms with Crippen LogP contribution in [-0.4, -0.2) is 48.5 Å². The Morgan fingerprint density at radius 1 is 0.912 bits per heavy atom. The lowest BCUT2D eigenvalue weighted by molar-refractivity contribution is -0.133. The van der Waals surface area contributed by atoms with Crippen molar-refractivity contribution in [3.05, 3.63) is 87.1 Å². The molecule has 0 aliphatic rings. The molecule has 0 bridgehead atoms. The number of carbonyl (C=O) groups excluding carboxylic acids is 2. The summed E-state index contributed by atoms with van der Waals surface area (Å²) in [6.45, 7) is 7.71. The first-order valence-electron chi connectivity index (χ1n) is 11.3.